The van der Waals surface area contributed by atoms with E-state index in [1.54, 1.807) is 12.1 Å². The Morgan fingerprint density at radius 3 is 3.12 bits per heavy atom. The zero-order chi connectivity index (χ0) is 12.3. The highest BCUT2D eigenvalue weighted by Gasteiger charge is 2.27. The number of ether oxygens (including phenoxy) is 1. The molecule has 1 unspecified atom stereocenters. The predicted molar refractivity (Wildman–Crippen MR) is 70.1 cm³/mol. The molecular formula is C12H16ClNO2S. The largest absolute Gasteiger partial charge is 0.367 e. The molecule has 1 fully saturated rings. The molecule has 1 aromatic heterocycles. The first-order valence-electron chi connectivity index (χ1n) is 5.84. The van der Waals surface area contributed by atoms with Crippen LogP contribution in [0.3, 0.4) is 0 Å². The van der Waals surface area contributed by atoms with Crippen LogP contribution in [-0.2, 0) is 4.74 Å². The van der Waals surface area contributed by atoms with E-state index >= 15 is 0 Å². The number of nitrogens with zero attached hydrogens (tertiary/aromatic N) is 1. The number of rotatable bonds is 4. The molecule has 3 nitrogen and oxygen atoms in total. The maximum absolute atomic E-state index is 12.2. The number of ketones is 1. The van der Waals surface area contributed by atoms with Gasteiger partial charge < -0.3 is 4.74 Å². The second kappa shape index (κ2) is 5.96. The van der Waals surface area contributed by atoms with Crippen molar-refractivity contribution in [1.82, 2.24) is 4.90 Å². The second-order valence-corrected chi connectivity index (χ2v) is 5.84. The zero-order valence-corrected chi connectivity index (χ0v) is 11.4. The lowest BCUT2D eigenvalue weighted by molar-refractivity contribution is -0.0161. The van der Waals surface area contributed by atoms with Gasteiger partial charge in [0.05, 0.1) is 15.8 Å². The lowest BCUT2D eigenvalue weighted by Crippen LogP contribution is -2.46. The van der Waals surface area contributed by atoms with Crippen LogP contribution in [0.2, 0.25) is 4.34 Å². The first kappa shape index (κ1) is 13.0. The van der Waals surface area contributed by atoms with Crippen molar-refractivity contribution >= 4 is 28.7 Å². The van der Waals surface area contributed by atoms with Crippen LogP contribution in [0.4, 0.5) is 0 Å². The quantitative estimate of drug-likeness (QED) is 0.790. The first-order valence-corrected chi connectivity index (χ1v) is 7.03. The normalized spacial score (nSPS) is 21.6. The lowest BCUT2D eigenvalue weighted by atomic mass is 10.1. The number of hydrogen-bond acceptors (Lipinski definition) is 4. The molecule has 1 saturated heterocycles. The van der Waals surface area contributed by atoms with Gasteiger partial charge in [-0.3, -0.25) is 9.69 Å². The summed E-state index contributed by atoms with van der Waals surface area (Å²) in [5, 5.41) is 0. The highest BCUT2D eigenvalue weighted by molar-refractivity contribution is 7.18. The summed E-state index contributed by atoms with van der Waals surface area (Å²) < 4.78 is 6.20. The SMILES string of the molecule is CCCN1CCOC(C(=O)c2ccc(Cl)s2)C1. The summed E-state index contributed by atoms with van der Waals surface area (Å²) in [7, 11) is 0. The van der Waals surface area contributed by atoms with Crippen molar-refractivity contribution in [2.45, 2.75) is 19.4 Å². The fourth-order valence-electron chi connectivity index (χ4n) is 1.99. The van der Waals surface area contributed by atoms with Gasteiger partial charge in [-0.15, -0.1) is 11.3 Å². The van der Waals surface area contributed by atoms with Gasteiger partial charge in [0, 0.05) is 13.1 Å². The number of hydrogen-bond donors (Lipinski definition) is 0. The van der Waals surface area contributed by atoms with Crippen molar-refractivity contribution in [3.05, 3.63) is 21.3 Å². The molecule has 94 valence electrons. The summed E-state index contributed by atoms with van der Waals surface area (Å²) in [4.78, 5) is 15.1. The molecule has 1 aromatic rings. The van der Waals surface area contributed by atoms with Gasteiger partial charge in [0.25, 0.3) is 0 Å². The van der Waals surface area contributed by atoms with E-state index in [1.165, 1.54) is 11.3 Å². The Kier molecular flexibility index (Phi) is 4.56. The molecule has 0 radical (unpaired) electrons. The van der Waals surface area contributed by atoms with E-state index in [1.807, 2.05) is 0 Å². The monoisotopic (exact) mass is 273 g/mol. The summed E-state index contributed by atoms with van der Waals surface area (Å²) >= 11 is 7.16. The number of carbonyl (C=O) groups excluding carboxylic acids is 1. The topological polar surface area (TPSA) is 29.5 Å². The summed E-state index contributed by atoms with van der Waals surface area (Å²) in [5.41, 5.74) is 0. The molecule has 0 saturated carbocycles. The van der Waals surface area contributed by atoms with Crippen molar-refractivity contribution in [2.75, 3.05) is 26.2 Å². The standard InChI is InChI=1S/C12H16ClNO2S/c1-2-5-14-6-7-16-9(8-14)12(15)10-3-4-11(13)17-10/h3-4,9H,2,5-8H2,1H3. The van der Waals surface area contributed by atoms with Crippen LogP contribution in [0, 0.1) is 0 Å². The predicted octanol–water partition coefficient (Wildman–Crippen LogP) is 2.70. The van der Waals surface area contributed by atoms with E-state index in [0.717, 1.165) is 19.5 Å². The molecule has 0 spiro atoms. The summed E-state index contributed by atoms with van der Waals surface area (Å²) in [6.45, 7) is 5.42. The van der Waals surface area contributed by atoms with Crippen LogP contribution < -0.4 is 0 Å². The van der Waals surface area contributed by atoms with Crippen molar-refractivity contribution in [3.8, 4) is 0 Å². The number of carbonyl (C=O) groups is 1. The molecule has 0 aromatic carbocycles. The molecule has 5 heteroatoms. The van der Waals surface area contributed by atoms with Crippen LogP contribution in [0.5, 0.6) is 0 Å². The van der Waals surface area contributed by atoms with E-state index in [2.05, 4.69) is 11.8 Å². The third-order valence-electron chi connectivity index (χ3n) is 2.80. The number of halogens is 1. The number of thiophene rings is 1. The van der Waals surface area contributed by atoms with Crippen molar-refractivity contribution in [3.63, 3.8) is 0 Å². The Bertz CT molecular complexity index is 392. The Morgan fingerprint density at radius 2 is 2.47 bits per heavy atom. The minimum Gasteiger partial charge on any atom is -0.367 e. The average Bonchev–Trinajstić information content (AvgIpc) is 2.76. The maximum atomic E-state index is 12.2. The molecule has 1 aliphatic rings. The number of morpholine rings is 1. The molecule has 17 heavy (non-hydrogen) atoms. The molecular weight excluding hydrogens is 258 g/mol. The van der Waals surface area contributed by atoms with E-state index in [4.69, 9.17) is 16.3 Å². The van der Waals surface area contributed by atoms with Gasteiger partial charge in [-0.05, 0) is 25.1 Å². The first-order chi connectivity index (χ1) is 8.20. The molecule has 2 rings (SSSR count). The van der Waals surface area contributed by atoms with Crippen molar-refractivity contribution < 1.29 is 9.53 Å². The van der Waals surface area contributed by atoms with Crippen LogP contribution in [-0.4, -0.2) is 43.0 Å². The van der Waals surface area contributed by atoms with Gasteiger partial charge in [-0.2, -0.15) is 0 Å². The van der Waals surface area contributed by atoms with Crippen molar-refractivity contribution in [1.29, 1.82) is 0 Å². The minimum absolute atomic E-state index is 0.0581. The molecule has 1 atom stereocenters. The van der Waals surface area contributed by atoms with Gasteiger partial charge in [-0.25, -0.2) is 0 Å². The molecule has 2 heterocycles. The highest BCUT2D eigenvalue weighted by Crippen LogP contribution is 2.24. The maximum Gasteiger partial charge on any atom is 0.202 e. The van der Waals surface area contributed by atoms with Gasteiger partial charge in [0.1, 0.15) is 6.10 Å². The van der Waals surface area contributed by atoms with E-state index in [9.17, 15) is 4.79 Å². The zero-order valence-electron chi connectivity index (χ0n) is 9.82. The Hall–Kier alpha value is -0.420. The second-order valence-electron chi connectivity index (χ2n) is 4.13. The van der Waals surface area contributed by atoms with Crippen LogP contribution >= 0.6 is 22.9 Å². The molecule has 0 amide bonds. The Balaban J connectivity index is 1.99. The fraction of sp³-hybridized carbons (Fsp3) is 0.583. The fourth-order valence-corrected chi connectivity index (χ4v) is 3.01. The highest BCUT2D eigenvalue weighted by atomic mass is 35.5. The minimum atomic E-state index is -0.329. The third-order valence-corrected chi connectivity index (χ3v) is 4.04. The molecule has 1 aliphatic heterocycles. The number of Topliss-reactive ketones (excluding diaryl/α,β-unsaturated/α-hetero) is 1. The summed E-state index contributed by atoms with van der Waals surface area (Å²) in [6, 6.07) is 3.53. The van der Waals surface area contributed by atoms with Crippen LogP contribution in [0.1, 0.15) is 23.0 Å². The third kappa shape index (κ3) is 3.28. The van der Waals surface area contributed by atoms with Crippen LogP contribution in [0.25, 0.3) is 0 Å². The Labute approximate surface area is 110 Å². The Morgan fingerprint density at radius 1 is 1.65 bits per heavy atom. The van der Waals surface area contributed by atoms with Crippen LogP contribution in [0.15, 0.2) is 12.1 Å². The van der Waals surface area contributed by atoms with Gasteiger partial charge in [-0.1, -0.05) is 18.5 Å². The van der Waals surface area contributed by atoms with Gasteiger partial charge >= 0.3 is 0 Å². The van der Waals surface area contributed by atoms with E-state index in [-0.39, 0.29) is 11.9 Å². The smallest absolute Gasteiger partial charge is 0.202 e. The van der Waals surface area contributed by atoms with Gasteiger partial charge in [0.15, 0.2) is 0 Å². The lowest BCUT2D eigenvalue weighted by Gasteiger charge is -2.31. The summed E-state index contributed by atoms with van der Waals surface area (Å²) in [5.74, 6) is 0.0581. The molecule has 0 N–H and O–H groups in total. The van der Waals surface area contributed by atoms with E-state index < -0.39 is 0 Å². The van der Waals surface area contributed by atoms with Gasteiger partial charge in [0.2, 0.25) is 5.78 Å². The average molecular weight is 274 g/mol. The van der Waals surface area contributed by atoms with Crippen molar-refractivity contribution in [2.24, 2.45) is 0 Å². The van der Waals surface area contributed by atoms with E-state index in [0.29, 0.717) is 22.4 Å². The molecule has 0 bridgehead atoms. The molecule has 0 aliphatic carbocycles. The summed E-state index contributed by atoms with van der Waals surface area (Å²) in [6.07, 6.45) is 0.774.